The van der Waals surface area contributed by atoms with Crippen molar-refractivity contribution in [3.05, 3.63) is 30.0 Å². The zero-order chi connectivity index (χ0) is 21.5. The highest BCUT2D eigenvalue weighted by molar-refractivity contribution is 7.89. The standard InChI is InChI=1S/C18H22N8O3S/c1-2-21-17(27)12-7-10(8-22-12)13-14-16(26-18(19)24-14)25-15(23-13)9-4-3-5-11(6-9)30(20,28)29/h3-6,10,12,22H,2,7-8H2,1H3,(H,21,27)(H2,20,28,29)(H3,19,23,24,25,26). The molecule has 2 atom stereocenters. The van der Waals surface area contributed by atoms with Gasteiger partial charge in [0.15, 0.2) is 17.4 Å². The number of hydrogen-bond acceptors (Lipinski definition) is 8. The molecule has 1 aromatic carbocycles. The number of sulfonamides is 1. The number of H-pyrrole nitrogens is 1. The van der Waals surface area contributed by atoms with Crippen LogP contribution in [0.1, 0.15) is 25.0 Å². The fraction of sp³-hybridized carbons (Fsp3) is 0.333. The summed E-state index contributed by atoms with van der Waals surface area (Å²) in [4.78, 5) is 28.5. The third-order valence-electron chi connectivity index (χ3n) is 5.00. The third kappa shape index (κ3) is 3.84. The lowest BCUT2D eigenvalue weighted by Crippen LogP contribution is -2.40. The van der Waals surface area contributed by atoms with Gasteiger partial charge in [0.2, 0.25) is 15.9 Å². The first kappa shape index (κ1) is 20.2. The van der Waals surface area contributed by atoms with Crippen molar-refractivity contribution < 1.29 is 13.2 Å². The normalized spacial score (nSPS) is 19.3. The van der Waals surface area contributed by atoms with Gasteiger partial charge < -0.3 is 21.4 Å². The SMILES string of the molecule is CCNC(=O)C1CC(c2nc(-c3cccc(S(N)(=O)=O)c3)nc3nc(N)[nH]c23)CN1. The van der Waals surface area contributed by atoms with Crippen molar-refractivity contribution in [1.29, 1.82) is 0 Å². The number of aromatic nitrogens is 4. The Morgan fingerprint density at radius 2 is 2.10 bits per heavy atom. The summed E-state index contributed by atoms with van der Waals surface area (Å²) in [6, 6.07) is 5.77. The smallest absolute Gasteiger partial charge is 0.238 e. The lowest BCUT2D eigenvalue weighted by atomic mass is 10.00. The number of rotatable bonds is 5. The van der Waals surface area contributed by atoms with E-state index in [-0.39, 0.29) is 28.7 Å². The molecule has 2 aromatic heterocycles. The van der Waals surface area contributed by atoms with E-state index in [0.717, 1.165) is 0 Å². The summed E-state index contributed by atoms with van der Waals surface area (Å²) in [6.45, 7) is 2.97. The van der Waals surface area contributed by atoms with E-state index < -0.39 is 10.0 Å². The molecule has 0 radical (unpaired) electrons. The molecule has 1 saturated heterocycles. The number of imidazole rings is 1. The summed E-state index contributed by atoms with van der Waals surface area (Å²) in [5.74, 6) is 0.358. The van der Waals surface area contributed by atoms with Crippen molar-refractivity contribution in [3.8, 4) is 11.4 Å². The van der Waals surface area contributed by atoms with Crippen LogP contribution in [0.5, 0.6) is 0 Å². The number of nitrogens with one attached hydrogen (secondary N) is 3. The monoisotopic (exact) mass is 430 g/mol. The lowest BCUT2D eigenvalue weighted by molar-refractivity contribution is -0.122. The van der Waals surface area contributed by atoms with Gasteiger partial charge in [-0.1, -0.05) is 12.1 Å². The first-order chi connectivity index (χ1) is 14.3. The van der Waals surface area contributed by atoms with Crippen LogP contribution in [0.25, 0.3) is 22.6 Å². The van der Waals surface area contributed by atoms with Crippen LogP contribution in [0, 0.1) is 0 Å². The summed E-state index contributed by atoms with van der Waals surface area (Å²) in [7, 11) is -3.87. The van der Waals surface area contributed by atoms with Crippen LogP contribution in [0.2, 0.25) is 0 Å². The Kier molecular flexibility index (Phi) is 5.13. The minimum absolute atomic E-state index is 0.0365. The molecule has 0 spiro atoms. The quantitative estimate of drug-likeness (QED) is 0.370. The zero-order valence-corrected chi connectivity index (χ0v) is 17.0. The van der Waals surface area contributed by atoms with Crippen molar-refractivity contribution in [2.75, 3.05) is 18.8 Å². The maximum absolute atomic E-state index is 12.2. The van der Waals surface area contributed by atoms with E-state index >= 15 is 0 Å². The van der Waals surface area contributed by atoms with Gasteiger partial charge in [0.05, 0.1) is 16.6 Å². The molecule has 4 rings (SSSR count). The summed E-state index contributed by atoms with van der Waals surface area (Å²) in [6.07, 6.45) is 0.549. The van der Waals surface area contributed by atoms with Crippen LogP contribution in [0.3, 0.4) is 0 Å². The number of fused-ring (bicyclic) bond motifs is 1. The topological polar surface area (TPSA) is 182 Å². The van der Waals surface area contributed by atoms with Crippen molar-refractivity contribution in [2.24, 2.45) is 5.14 Å². The number of nitrogen functional groups attached to an aromatic ring is 1. The highest BCUT2D eigenvalue weighted by Crippen LogP contribution is 2.31. The number of benzene rings is 1. The molecular formula is C18H22N8O3S. The predicted octanol–water partition coefficient (Wildman–Crippen LogP) is -0.169. The number of primary sulfonamides is 1. The van der Waals surface area contributed by atoms with Crippen LogP contribution in [-0.2, 0) is 14.8 Å². The second-order valence-corrected chi connectivity index (χ2v) is 8.68. The first-order valence-electron chi connectivity index (χ1n) is 9.43. The number of anilines is 1. The number of amides is 1. The molecule has 30 heavy (non-hydrogen) atoms. The highest BCUT2D eigenvalue weighted by Gasteiger charge is 2.33. The van der Waals surface area contributed by atoms with Gasteiger partial charge in [0, 0.05) is 24.6 Å². The van der Waals surface area contributed by atoms with Crippen molar-refractivity contribution >= 4 is 33.0 Å². The summed E-state index contributed by atoms with van der Waals surface area (Å²) < 4.78 is 23.4. The van der Waals surface area contributed by atoms with E-state index in [0.29, 0.717) is 47.8 Å². The number of likely N-dealkylation sites (N-methyl/N-ethyl adjacent to an activating group) is 1. The molecular weight excluding hydrogens is 408 g/mol. The van der Waals surface area contributed by atoms with Crippen molar-refractivity contribution in [2.45, 2.75) is 30.2 Å². The summed E-state index contributed by atoms with van der Waals surface area (Å²) in [5, 5.41) is 11.3. The molecule has 2 unspecified atom stereocenters. The molecule has 1 fully saturated rings. The van der Waals surface area contributed by atoms with Crippen LogP contribution in [0.15, 0.2) is 29.2 Å². The van der Waals surface area contributed by atoms with Crippen LogP contribution in [0.4, 0.5) is 5.95 Å². The average molecular weight is 430 g/mol. The van der Waals surface area contributed by atoms with Crippen molar-refractivity contribution in [1.82, 2.24) is 30.6 Å². The van der Waals surface area contributed by atoms with Gasteiger partial charge in [-0.05, 0) is 25.5 Å². The van der Waals surface area contributed by atoms with Crippen LogP contribution >= 0.6 is 0 Å². The Hall–Kier alpha value is -3.09. The number of aromatic amines is 1. The number of nitrogens with zero attached hydrogens (tertiary/aromatic N) is 3. The van der Waals surface area contributed by atoms with Gasteiger partial charge in [-0.3, -0.25) is 4.79 Å². The molecule has 0 bridgehead atoms. The Balaban J connectivity index is 1.77. The largest absolute Gasteiger partial charge is 0.369 e. The number of hydrogen-bond donors (Lipinski definition) is 5. The van der Waals surface area contributed by atoms with Gasteiger partial charge in [-0.2, -0.15) is 4.98 Å². The second-order valence-electron chi connectivity index (χ2n) is 7.11. The van der Waals surface area contributed by atoms with Gasteiger partial charge >= 0.3 is 0 Å². The fourth-order valence-electron chi connectivity index (χ4n) is 3.61. The van der Waals surface area contributed by atoms with E-state index in [2.05, 4.69) is 30.6 Å². The molecule has 1 aliphatic heterocycles. The third-order valence-corrected chi connectivity index (χ3v) is 5.91. The predicted molar refractivity (Wildman–Crippen MR) is 111 cm³/mol. The van der Waals surface area contributed by atoms with Crippen LogP contribution in [-0.4, -0.2) is 53.4 Å². The number of carbonyl (C=O) groups excluding carboxylic acids is 1. The second kappa shape index (κ2) is 7.63. The molecule has 7 N–H and O–H groups in total. The Morgan fingerprint density at radius 1 is 1.30 bits per heavy atom. The number of carbonyl (C=O) groups is 1. The molecule has 12 heteroatoms. The molecule has 1 amide bonds. The molecule has 3 aromatic rings. The maximum atomic E-state index is 12.2. The molecule has 0 aliphatic carbocycles. The highest BCUT2D eigenvalue weighted by atomic mass is 32.2. The minimum atomic E-state index is -3.87. The summed E-state index contributed by atoms with van der Waals surface area (Å²) in [5.41, 5.74) is 7.95. The Labute approximate surface area is 172 Å². The van der Waals surface area contributed by atoms with E-state index in [9.17, 15) is 13.2 Å². The van der Waals surface area contributed by atoms with Gasteiger partial charge in [0.1, 0.15) is 5.52 Å². The van der Waals surface area contributed by atoms with E-state index in [1.165, 1.54) is 12.1 Å². The number of nitrogens with two attached hydrogens (primary N) is 2. The molecule has 11 nitrogen and oxygen atoms in total. The van der Waals surface area contributed by atoms with E-state index in [1.807, 2.05) is 6.92 Å². The molecule has 1 aliphatic rings. The average Bonchev–Trinajstić information content (AvgIpc) is 3.33. The molecule has 0 saturated carbocycles. The van der Waals surface area contributed by atoms with Crippen LogP contribution < -0.4 is 21.5 Å². The van der Waals surface area contributed by atoms with E-state index in [1.54, 1.807) is 12.1 Å². The van der Waals surface area contributed by atoms with Crippen molar-refractivity contribution in [3.63, 3.8) is 0 Å². The molecule has 3 heterocycles. The van der Waals surface area contributed by atoms with Gasteiger partial charge in [-0.15, -0.1) is 0 Å². The van der Waals surface area contributed by atoms with Gasteiger partial charge in [0.25, 0.3) is 0 Å². The van der Waals surface area contributed by atoms with E-state index in [4.69, 9.17) is 10.9 Å². The Morgan fingerprint density at radius 3 is 2.83 bits per heavy atom. The molecule has 158 valence electrons. The first-order valence-corrected chi connectivity index (χ1v) is 11.0. The fourth-order valence-corrected chi connectivity index (χ4v) is 4.17. The lowest BCUT2D eigenvalue weighted by Gasteiger charge is -2.12. The Bertz CT molecular complexity index is 1220. The summed E-state index contributed by atoms with van der Waals surface area (Å²) >= 11 is 0. The zero-order valence-electron chi connectivity index (χ0n) is 16.2. The maximum Gasteiger partial charge on any atom is 0.238 e. The van der Waals surface area contributed by atoms with Gasteiger partial charge in [-0.25, -0.2) is 23.5 Å². The minimum Gasteiger partial charge on any atom is -0.369 e.